The second kappa shape index (κ2) is 7.65. The number of hydrogen-bond acceptors (Lipinski definition) is 7. The summed E-state index contributed by atoms with van der Waals surface area (Å²) in [6.07, 6.45) is 0. The Labute approximate surface area is 174 Å². The lowest BCUT2D eigenvalue weighted by molar-refractivity contribution is -0.132. The van der Waals surface area contributed by atoms with Gasteiger partial charge in [-0.1, -0.05) is 36.0 Å². The van der Waals surface area contributed by atoms with Crippen molar-refractivity contribution in [1.29, 1.82) is 0 Å². The third-order valence-electron chi connectivity index (χ3n) is 4.33. The minimum Gasteiger partial charge on any atom is -0.507 e. The Balaban J connectivity index is 1.49. The molecule has 4 rings (SSSR count). The van der Waals surface area contributed by atoms with Gasteiger partial charge in [-0.3, -0.25) is 15.0 Å². The fraction of sp³-hybridized carbons (Fsp3) is 0.211. The SMILES string of the molecule is CC1(CSc2nc3ccccc3s2)SCC(=O)N1NC(=O)c1ccccc1O. The molecule has 0 radical (unpaired) electrons. The summed E-state index contributed by atoms with van der Waals surface area (Å²) in [6.45, 7) is 1.92. The van der Waals surface area contributed by atoms with Crippen LogP contribution in [0.15, 0.2) is 52.9 Å². The molecule has 1 aliphatic rings. The van der Waals surface area contributed by atoms with Crippen LogP contribution in [0.2, 0.25) is 0 Å². The van der Waals surface area contributed by atoms with Gasteiger partial charge in [-0.15, -0.1) is 23.1 Å². The number of hydrogen-bond donors (Lipinski definition) is 2. The summed E-state index contributed by atoms with van der Waals surface area (Å²) in [5, 5.41) is 11.3. The minimum absolute atomic E-state index is 0.121. The average molecular weight is 432 g/mol. The number of carbonyl (C=O) groups excluding carboxylic acids is 2. The summed E-state index contributed by atoms with van der Waals surface area (Å²) in [4.78, 5) is 29.0. The highest BCUT2D eigenvalue weighted by Crippen LogP contribution is 2.40. The zero-order valence-corrected chi connectivity index (χ0v) is 17.4. The minimum atomic E-state index is -0.611. The number of phenols is 1. The largest absolute Gasteiger partial charge is 0.507 e. The molecule has 6 nitrogen and oxygen atoms in total. The highest BCUT2D eigenvalue weighted by molar-refractivity contribution is 8.05. The van der Waals surface area contributed by atoms with Gasteiger partial charge in [0.1, 0.15) is 10.6 Å². The van der Waals surface area contributed by atoms with E-state index in [4.69, 9.17) is 0 Å². The molecule has 1 unspecified atom stereocenters. The summed E-state index contributed by atoms with van der Waals surface area (Å²) in [5.74, 6) is 0.0681. The molecule has 2 heterocycles. The first-order valence-corrected chi connectivity index (χ1v) is 11.3. The van der Waals surface area contributed by atoms with E-state index in [9.17, 15) is 14.7 Å². The van der Waals surface area contributed by atoms with E-state index in [1.807, 2.05) is 31.2 Å². The molecule has 0 aliphatic carbocycles. The summed E-state index contributed by atoms with van der Waals surface area (Å²) < 4.78 is 2.05. The average Bonchev–Trinajstić information content (AvgIpc) is 3.23. The Morgan fingerprint density at radius 2 is 2.04 bits per heavy atom. The molecule has 3 aromatic rings. The van der Waals surface area contributed by atoms with Crippen molar-refractivity contribution in [3.05, 3.63) is 54.1 Å². The molecular weight excluding hydrogens is 414 g/mol. The third-order valence-corrected chi connectivity index (χ3v) is 8.33. The number of amides is 2. The number of nitrogens with one attached hydrogen (secondary N) is 1. The van der Waals surface area contributed by atoms with Gasteiger partial charge in [-0.25, -0.2) is 9.99 Å². The second-order valence-corrected chi connectivity index (χ2v) is 10.1. The first-order valence-electron chi connectivity index (χ1n) is 8.51. The number of thioether (sulfide) groups is 2. The highest BCUT2D eigenvalue weighted by atomic mass is 32.2. The van der Waals surface area contributed by atoms with Gasteiger partial charge in [0, 0.05) is 5.75 Å². The maximum Gasteiger partial charge on any atom is 0.273 e. The van der Waals surface area contributed by atoms with E-state index < -0.39 is 10.8 Å². The first kappa shape index (κ1) is 19.1. The quantitative estimate of drug-likeness (QED) is 0.599. The van der Waals surface area contributed by atoms with Crippen molar-refractivity contribution in [2.45, 2.75) is 16.1 Å². The van der Waals surface area contributed by atoms with E-state index in [1.165, 1.54) is 28.9 Å². The Kier molecular flexibility index (Phi) is 5.22. The monoisotopic (exact) mass is 431 g/mol. The van der Waals surface area contributed by atoms with Gasteiger partial charge in [-0.2, -0.15) is 0 Å². The Morgan fingerprint density at radius 3 is 2.82 bits per heavy atom. The zero-order valence-electron chi connectivity index (χ0n) is 14.9. The predicted octanol–water partition coefficient (Wildman–Crippen LogP) is 3.73. The zero-order chi connectivity index (χ0) is 19.7. The number of aromatic hydroxyl groups is 1. The van der Waals surface area contributed by atoms with E-state index in [2.05, 4.69) is 10.4 Å². The molecule has 1 fully saturated rings. The van der Waals surface area contributed by atoms with E-state index in [1.54, 1.807) is 35.2 Å². The van der Waals surface area contributed by atoms with Gasteiger partial charge in [0.15, 0.2) is 4.34 Å². The van der Waals surface area contributed by atoms with Crippen molar-refractivity contribution in [2.24, 2.45) is 0 Å². The fourth-order valence-corrected chi connectivity index (χ4v) is 6.25. The van der Waals surface area contributed by atoms with Crippen molar-refractivity contribution >= 4 is 56.9 Å². The summed E-state index contributed by atoms with van der Waals surface area (Å²) in [7, 11) is 0. The normalized spacial score (nSPS) is 19.3. The van der Waals surface area contributed by atoms with Gasteiger partial charge < -0.3 is 5.11 Å². The molecule has 1 aromatic heterocycles. The number of nitrogens with zero attached hydrogens (tertiary/aromatic N) is 2. The summed E-state index contributed by atoms with van der Waals surface area (Å²) >= 11 is 4.66. The number of para-hydroxylation sites is 2. The Hall–Kier alpha value is -2.23. The lowest BCUT2D eigenvalue weighted by Crippen LogP contribution is -2.54. The molecule has 2 N–H and O–H groups in total. The molecule has 0 saturated carbocycles. The van der Waals surface area contributed by atoms with Gasteiger partial charge in [0.25, 0.3) is 11.8 Å². The molecule has 144 valence electrons. The molecule has 28 heavy (non-hydrogen) atoms. The number of carbonyl (C=O) groups is 2. The fourth-order valence-electron chi connectivity index (χ4n) is 2.83. The van der Waals surface area contributed by atoms with Crippen LogP contribution in [0, 0.1) is 0 Å². The lowest BCUT2D eigenvalue weighted by atomic mass is 10.2. The molecule has 9 heteroatoms. The number of hydrazine groups is 1. The van der Waals surface area contributed by atoms with Crippen molar-refractivity contribution in [1.82, 2.24) is 15.4 Å². The predicted molar refractivity (Wildman–Crippen MR) is 114 cm³/mol. The van der Waals surface area contributed by atoms with Crippen molar-refractivity contribution in [3.63, 3.8) is 0 Å². The molecule has 1 saturated heterocycles. The molecule has 1 aliphatic heterocycles. The number of fused-ring (bicyclic) bond motifs is 1. The number of rotatable bonds is 5. The highest BCUT2D eigenvalue weighted by Gasteiger charge is 2.44. The first-order chi connectivity index (χ1) is 13.5. The van der Waals surface area contributed by atoms with Crippen molar-refractivity contribution in [3.8, 4) is 5.75 Å². The van der Waals surface area contributed by atoms with Crippen LogP contribution in [0.1, 0.15) is 17.3 Å². The molecule has 0 bridgehead atoms. The van der Waals surface area contributed by atoms with E-state index >= 15 is 0 Å². The number of phenolic OH excluding ortho intramolecular Hbond substituents is 1. The van der Waals surface area contributed by atoms with Crippen LogP contribution in [-0.4, -0.2) is 43.3 Å². The molecular formula is C19H17N3O3S3. The van der Waals surface area contributed by atoms with Gasteiger partial charge in [0.2, 0.25) is 0 Å². The summed E-state index contributed by atoms with van der Waals surface area (Å²) in [6, 6.07) is 14.2. The number of thiazole rings is 1. The van der Waals surface area contributed by atoms with Gasteiger partial charge >= 0.3 is 0 Å². The molecule has 2 aromatic carbocycles. The maximum atomic E-state index is 12.6. The lowest BCUT2D eigenvalue weighted by Gasteiger charge is -2.33. The van der Waals surface area contributed by atoms with E-state index in [0.717, 1.165) is 14.6 Å². The van der Waals surface area contributed by atoms with E-state index in [-0.39, 0.29) is 23.0 Å². The van der Waals surface area contributed by atoms with E-state index in [0.29, 0.717) is 5.75 Å². The summed E-state index contributed by atoms with van der Waals surface area (Å²) in [5.41, 5.74) is 3.76. The van der Waals surface area contributed by atoms with Crippen LogP contribution in [0.4, 0.5) is 0 Å². The van der Waals surface area contributed by atoms with Crippen LogP contribution >= 0.6 is 34.9 Å². The maximum absolute atomic E-state index is 12.6. The standard InChI is InChI=1S/C19H17N3O3S3/c1-19(11-26-18-20-13-7-3-5-9-15(13)28-18)22(16(24)10-27-19)21-17(25)12-6-2-4-8-14(12)23/h2-9,23H,10-11H2,1H3,(H,21,25). The number of aromatic nitrogens is 1. The molecule has 2 amide bonds. The number of benzene rings is 2. The molecule has 0 spiro atoms. The van der Waals surface area contributed by atoms with Crippen LogP contribution in [0.3, 0.4) is 0 Å². The van der Waals surface area contributed by atoms with Crippen LogP contribution in [-0.2, 0) is 4.79 Å². The van der Waals surface area contributed by atoms with Crippen molar-refractivity contribution in [2.75, 3.05) is 11.5 Å². The molecule has 1 atom stereocenters. The van der Waals surface area contributed by atoms with Crippen LogP contribution < -0.4 is 5.43 Å². The Bertz CT molecular complexity index is 1020. The third kappa shape index (κ3) is 3.69. The second-order valence-electron chi connectivity index (χ2n) is 6.39. The topological polar surface area (TPSA) is 82.5 Å². The van der Waals surface area contributed by atoms with Crippen LogP contribution in [0.25, 0.3) is 10.2 Å². The van der Waals surface area contributed by atoms with Crippen LogP contribution in [0.5, 0.6) is 5.75 Å². The van der Waals surface area contributed by atoms with Gasteiger partial charge in [0.05, 0.1) is 21.5 Å². The van der Waals surface area contributed by atoms with Crippen molar-refractivity contribution < 1.29 is 14.7 Å². The smallest absolute Gasteiger partial charge is 0.273 e. The van der Waals surface area contributed by atoms with Gasteiger partial charge in [-0.05, 0) is 31.2 Å². The Morgan fingerprint density at radius 1 is 1.29 bits per heavy atom.